The third kappa shape index (κ3) is 2.32. The van der Waals surface area contributed by atoms with Gasteiger partial charge in [-0.05, 0) is 13.8 Å². The van der Waals surface area contributed by atoms with E-state index in [-0.39, 0.29) is 0 Å². The molecule has 20 heavy (non-hydrogen) atoms. The number of rotatable bonds is 3. The summed E-state index contributed by atoms with van der Waals surface area (Å²) >= 11 is 6.12. The standard InChI is InChI=1S/C14H13ClN4O/c1-9-13(15)10(2)19(17-9)8-12-16-14(18-20-12)11-6-4-3-5-7-11/h3-7H,8H2,1-2H3. The van der Waals surface area contributed by atoms with Gasteiger partial charge in [0.05, 0.1) is 16.4 Å². The summed E-state index contributed by atoms with van der Waals surface area (Å²) < 4.78 is 7.03. The van der Waals surface area contributed by atoms with Crippen molar-refractivity contribution in [3.63, 3.8) is 0 Å². The van der Waals surface area contributed by atoms with E-state index in [1.165, 1.54) is 0 Å². The minimum Gasteiger partial charge on any atom is -0.337 e. The molecule has 0 N–H and O–H groups in total. The lowest BCUT2D eigenvalue weighted by Gasteiger charge is -1.98. The van der Waals surface area contributed by atoms with Crippen LogP contribution in [0.25, 0.3) is 11.4 Å². The normalized spacial score (nSPS) is 10.9. The minimum atomic E-state index is 0.416. The molecular weight excluding hydrogens is 276 g/mol. The van der Waals surface area contributed by atoms with Crippen LogP contribution >= 0.6 is 11.6 Å². The molecule has 102 valence electrons. The summed E-state index contributed by atoms with van der Waals surface area (Å²) in [5.74, 6) is 1.08. The predicted molar refractivity (Wildman–Crippen MR) is 75.5 cm³/mol. The summed E-state index contributed by atoms with van der Waals surface area (Å²) in [6.45, 7) is 4.20. The quantitative estimate of drug-likeness (QED) is 0.742. The van der Waals surface area contributed by atoms with Gasteiger partial charge in [-0.25, -0.2) is 0 Å². The molecule has 6 heteroatoms. The number of aromatic nitrogens is 4. The molecule has 2 aromatic heterocycles. The maximum Gasteiger partial charge on any atom is 0.248 e. The Kier molecular flexibility index (Phi) is 3.28. The topological polar surface area (TPSA) is 56.7 Å². The number of nitrogens with zero attached hydrogens (tertiary/aromatic N) is 4. The first-order valence-corrected chi connectivity index (χ1v) is 6.60. The van der Waals surface area contributed by atoms with Gasteiger partial charge < -0.3 is 4.52 Å². The zero-order valence-electron chi connectivity index (χ0n) is 11.2. The highest BCUT2D eigenvalue weighted by molar-refractivity contribution is 6.31. The molecule has 3 rings (SSSR count). The second-order valence-electron chi connectivity index (χ2n) is 4.52. The molecule has 0 saturated carbocycles. The van der Waals surface area contributed by atoms with Gasteiger partial charge in [0.15, 0.2) is 0 Å². The fourth-order valence-electron chi connectivity index (χ4n) is 1.98. The van der Waals surface area contributed by atoms with E-state index < -0.39 is 0 Å². The Morgan fingerprint density at radius 1 is 1.20 bits per heavy atom. The first-order chi connectivity index (χ1) is 9.65. The second-order valence-corrected chi connectivity index (χ2v) is 4.90. The van der Waals surface area contributed by atoms with E-state index in [4.69, 9.17) is 16.1 Å². The van der Waals surface area contributed by atoms with Crippen molar-refractivity contribution in [3.05, 3.63) is 52.6 Å². The summed E-state index contributed by atoms with van der Waals surface area (Å²) in [6, 6.07) is 9.70. The number of hydrogen-bond acceptors (Lipinski definition) is 4. The third-order valence-electron chi connectivity index (χ3n) is 3.08. The summed E-state index contributed by atoms with van der Waals surface area (Å²) in [7, 11) is 0. The molecule has 2 heterocycles. The molecule has 3 aromatic rings. The van der Waals surface area contributed by atoms with E-state index in [0.717, 1.165) is 17.0 Å². The fraction of sp³-hybridized carbons (Fsp3) is 0.214. The minimum absolute atomic E-state index is 0.416. The number of halogens is 1. The summed E-state index contributed by atoms with van der Waals surface area (Å²) in [5, 5.41) is 9.00. The largest absolute Gasteiger partial charge is 0.337 e. The molecule has 0 atom stereocenters. The van der Waals surface area contributed by atoms with Crippen molar-refractivity contribution in [1.82, 2.24) is 19.9 Å². The van der Waals surface area contributed by atoms with Gasteiger partial charge in [-0.3, -0.25) is 4.68 Å². The van der Waals surface area contributed by atoms with Gasteiger partial charge in [0.25, 0.3) is 0 Å². The number of hydrogen-bond donors (Lipinski definition) is 0. The molecule has 0 aliphatic heterocycles. The highest BCUT2D eigenvalue weighted by Gasteiger charge is 2.13. The van der Waals surface area contributed by atoms with Gasteiger partial charge in [-0.2, -0.15) is 10.1 Å². The molecule has 0 spiro atoms. The Balaban J connectivity index is 1.86. The first-order valence-electron chi connectivity index (χ1n) is 6.22. The van der Waals surface area contributed by atoms with Gasteiger partial charge >= 0.3 is 0 Å². The Hall–Kier alpha value is -2.14. The Bertz CT molecular complexity index is 733. The van der Waals surface area contributed by atoms with E-state index in [9.17, 15) is 0 Å². The highest BCUT2D eigenvalue weighted by atomic mass is 35.5. The van der Waals surface area contributed by atoms with Crippen LogP contribution in [-0.2, 0) is 6.54 Å². The maximum atomic E-state index is 6.12. The SMILES string of the molecule is Cc1nn(Cc2nc(-c3ccccc3)no2)c(C)c1Cl. The lowest BCUT2D eigenvalue weighted by atomic mass is 10.2. The van der Waals surface area contributed by atoms with E-state index in [1.54, 1.807) is 4.68 Å². The van der Waals surface area contributed by atoms with Crippen molar-refractivity contribution in [2.24, 2.45) is 0 Å². The van der Waals surface area contributed by atoms with Crippen molar-refractivity contribution in [2.75, 3.05) is 0 Å². The van der Waals surface area contributed by atoms with Crippen LogP contribution in [-0.4, -0.2) is 19.9 Å². The zero-order valence-corrected chi connectivity index (χ0v) is 11.9. The molecule has 0 bridgehead atoms. The van der Waals surface area contributed by atoms with E-state index in [0.29, 0.717) is 23.3 Å². The molecular formula is C14H13ClN4O. The van der Waals surface area contributed by atoms with Crippen molar-refractivity contribution >= 4 is 11.6 Å². The van der Waals surface area contributed by atoms with Crippen LogP contribution < -0.4 is 0 Å². The molecule has 0 unspecified atom stereocenters. The summed E-state index contributed by atoms with van der Waals surface area (Å²) in [5.41, 5.74) is 2.62. The smallest absolute Gasteiger partial charge is 0.248 e. The Morgan fingerprint density at radius 3 is 2.60 bits per heavy atom. The number of benzene rings is 1. The van der Waals surface area contributed by atoms with Gasteiger partial charge in [0.1, 0.15) is 6.54 Å². The van der Waals surface area contributed by atoms with Gasteiger partial charge in [-0.15, -0.1) is 0 Å². The van der Waals surface area contributed by atoms with E-state index in [1.807, 2.05) is 44.2 Å². The fourth-order valence-corrected chi connectivity index (χ4v) is 2.12. The number of aryl methyl sites for hydroxylation is 1. The molecule has 0 amide bonds. The lowest BCUT2D eigenvalue weighted by Crippen LogP contribution is -2.04. The molecule has 0 radical (unpaired) electrons. The second kappa shape index (κ2) is 5.09. The van der Waals surface area contributed by atoms with Crippen molar-refractivity contribution in [2.45, 2.75) is 20.4 Å². The maximum absolute atomic E-state index is 6.12. The first kappa shape index (κ1) is 12.9. The Morgan fingerprint density at radius 2 is 1.95 bits per heavy atom. The highest BCUT2D eigenvalue weighted by Crippen LogP contribution is 2.20. The molecule has 0 aliphatic carbocycles. The van der Waals surface area contributed by atoms with Crippen LogP contribution in [0.3, 0.4) is 0 Å². The van der Waals surface area contributed by atoms with Crippen LogP contribution in [0.1, 0.15) is 17.3 Å². The molecule has 1 aromatic carbocycles. The van der Waals surface area contributed by atoms with Gasteiger partial charge in [-0.1, -0.05) is 47.1 Å². The van der Waals surface area contributed by atoms with Gasteiger partial charge in [0, 0.05) is 5.56 Å². The van der Waals surface area contributed by atoms with Crippen LogP contribution in [0.2, 0.25) is 5.02 Å². The van der Waals surface area contributed by atoms with Crippen molar-refractivity contribution < 1.29 is 4.52 Å². The molecule has 0 fully saturated rings. The third-order valence-corrected chi connectivity index (χ3v) is 3.63. The van der Waals surface area contributed by atoms with Crippen LogP contribution in [0.5, 0.6) is 0 Å². The average molecular weight is 289 g/mol. The van der Waals surface area contributed by atoms with Gasteiger partial charge in [0.2, 0.25) is 11.7 Å². The van der Waals surface area contributed by atoms with Crippen molar-refractivity contribution in [1.29, 1.82) is 0 Å². The molecule has 0 aliphatic rings. The van der Waals surface area contributed by atoms with Crippen molar-refractivity contribution in [3.8, 4) is 11.4 Å². The monoisotopic (exact) mass is 288 g/mol. The Labute approximate surface area is 121 Å². The predicted octanol–water partition coefficient (Wildman–Crippen LogP) is 3.25. The van der Waals surface area contributed by atoms with Crippen LogP contribution in [0, 0.1) is 13.8 Å². The van der Waals surface area contributed by atoms with E-state index >= 15 is 0 Å². The van der Waals surface area contributed by atoms with E-state index in [2.05, 4.69) is 15.2 Å². The summed E-state index contributed by atoms with van der Waals surface area (Å²) in [6.07, 6.45) is 0. The summed E-state index contributed by atoms with van der Waals surface area (Å²) in [4.78, 5) is 4.37. The van der Waals surface area contributed by atoms with Crippen LogP contribution in [0.15, 0.2) is 34.9 Å². The average Bonchev–Trinajstić information content (AvgIpc) is 3.02. The van der Waals surface area contributed by atoms with Crippen LogP contribution in [0.4, 0.5) is 0 Å². The molecule has 0 saturated heterocycles. The molecule has 5 nitrogen and oxygen atoms in total. The zero-order chi connectivity index (χ0) is 14.1. The lowest BCUT2D eigenvalue weighted by molar-refractivity contribution is 0.364.